The fraction of sp³-hybridized carbons (Fsp3) is 0.440. The predicted octanol–water partition coefficient (Wildman–Crippen LogP) is 4.90. The molecule has 2 aromatic heterocycles. The first-order valence-corrected chi connectivity index (χ1v) is 11.2. The maximum absolute atomic E-state index is 13.3. The Morgan fingerprint density at radius 1 is 1.25 bits per heavy atom. The maximum atomic E-state index is 13.3. The van der Waals surface area contributed by atoms with E-state index in [1.807, 2.05) is 17.0 Å². The summed E-state index contributed by atoms with van der Waals surface area (Å²) >= 11 is 0. The van der Waals surface area contributed by atoms with Crippen LogP contribution in [-0.2, 0) is 13.1 Å². The number of rotatable bonds is 6. The molecular formula is C25H31FN4O2. The summed E-state index contributed by atoms with van der Waals surface area (Å²) in [6.45, 7) is 6.89. The van der Waals surface area contributed by atoms with Gasteiger partial charge in [-0.1, -0.05) is 19.9 Å². The molecule has 0 unspecified atom stereocenters. The smallest absolute Gasteiger partial charge is 0.318 e. The van der Waals surface area contributed by atoms with Crippen molar-refractivity contribution in [3.05, 3.63) is 65.4 Å². The largest absolute Gasteiger partial charge is 0.461 e. The van der Waals surface area contributed by atoms with Crippen molar-refractivity contribution >= 4 is 17.0 Å². The number of furan rings is 1. The van der Waals surface area contributed by atoms with Crippen molar-refractivity contribution < 1.29 is 13.6 Å². The number of urea groups is 1. The minimum Gasteiger partial charge on any atom is -0.461 e. The van der Waals surface area contributed by atoms with Crippen molar-refractivity contribution in [3.63, 3.8) is 0 Å². The molecule has 1 aliphatic rings. The van der Waals surface area contributed by atoms with E-state index in [9.17, 15) is 9.18 Å². The average molecular weight is 439 g/mol. The lowest BCUT2D eigenvalue weighted by Gasteiger charge is -2.37. The molecule has 1 aromatic carbocycles. The van der Waals surface area contributed by atoms with Gasteiger partial charge in [-0.15, -0.1) is 0 Å². The van der Waals surface area contributed by atoms with Crippen molar-refractivity contribution in [2.24, 2.45) is 0 Å². The summed E-state index contributed by atoms with van der Waals surface area (Å²) in [6.07, 6.45) is 3.01. The highest BCUT2D eigenvalue weighted by Crippen LogP contribution is 2.26. The highest BCUT2D eigenvalue weighted by molar-refractivity contribution is 5.79. The molecule has 1 aliphatic heterocycles. The van der Waals surface area contributed by atoms with E-state index in [2.05, 4.69) is 48.2 Å². The molecule has 1 saturated heterocycles. The first-order chi connectivity index (χ1) is 15.4. The number of fused-ring (bicyclic) bond motifs is 1. The second kappa shape index (κ2) is 9.69. The summed E-state index contributed by atoms with van der Waals surface area (Å²) in [6, 6.07) is 11.1. The topological polar surface area (TPSA) is 61.6 Å². The van der Waals surface area contributed by atoms with Gasteiger partial charge in [0.05, 0.1) is 18.4 Å². The molecule has 1 fully saturated rings. The van der Waals surface area contributed by atoms with E-state index in [-0.39, 0.29) is 17.9 Å². The van der Waals surface area contributed by atoms with E-state index in [0.717, 1.165) is 48.2 Å². The van der Waals surface area contributed by atoms with E-state index in [0.29, 0.717) is 24.7 Å². The Balaban J connectivity index is 1.46. The van der Waals surface area contributed by atoms with Gasteiger partial charge in [-0.2, -0.15) is 0 Å². The van der Waals surface area contributed by atoms with Crippen LogP contribution >= 0.6 is 0 Å². The zero-order valence-corrected chi connectivity index (χ0v) is 19.0. The molecule has 170 valence electrons. The third kappa shape index (κ3) is 5.27. The molecular weight excluding hydrogens is 407 g/mol. The molecule has 0 aliphatic carbocycles. The molecule has 0 atom stereocenters. The molecule has 0 spiro atoms. The van der Waals surface area contributed by atoms with Crippen molar-refractivity contribution in [1.82, 2.24) is 20.1 Å². The van der Waals surface area contributed by atoms with Crippen LogP contribution in [-0.4, -0.2) is 47.0 Å². The molecule has 4 rings (SSSR count). The highest BCUT2D eigenvalue weighted by atomic mass is 19.1. The summed E-state index contributed by atoms with van der Waals surface area (Å²) < 4.78 is 19.2. The van der Waals surface area contributed by atoms with Crippen LogP contribution < -0.4 is 5.32 Å². The number of piperidine rings is 1. The van der Waals surface area contributed by atoms with Gasteiger partial charge in [0, 0.05) is 23.9 Å². The summed E-state index contributed by atoms with van der Waals surface area (Å²) in [4.78, 5) is 21.5. The summed E-state index contributed by atoms with van der Waals surface area (Å²) in [5.41, 5.74) is 2.56. The quantitative estimate of drug-likeness (QED) is 0.595. The second-order valence-electron chi connectivity index (χ2n) is 8.96. The number of pyridine rings is 1. The number of likely N-dealkylation sites (tertiary alicyclic amines) is 1. The Labute approximate surface area is 188 Å². The molecule has 1 N–H and O–H groups in total. The molecule has 3 heterocycles. The lowest BCUT2D eigenvalue weighted by molar-refractivity contribution is 0.126. The van der Waals surface area contributed by atoms with Crippen LogP contribution in [0, 0.1) is 5.82 Å². The number of aromatic nitrogens is 1. The Hall–Kier alpha value is -2.93. The molecule has 3 aromatic rings. The fourth-order valence-electron chi connectivity index (χ4n) is 4.13. The minimum absolute atomic E-state index is 0.124. The van der Waals surface area contributed by atoms with Gasteiger partial charge in [-0.05, 0) is 68.9 Å². The van der Waals surface area contributed by atoms with Crippen LogP contribution in [0.3, 0.4) is 0 Å². The molecule has 0 saturated carbocycles. The number of nitrogens with one attached hydrogen (secondary N) is 1. The summed E-state index contributed by atoms with van der Waals surface area (Å²) in [5, 5.41) is 4.12. The standard InChI is InChI=1S/C25H31FN4O2/c1-17(2)24-13-19-12-18(4-7-23(19)32-24)14-28-25(31)30(22-8-10-29(3)11-9-22)16-21-6-5-20(26)15-27-21/h4-7,12-13,15,17,22H,8-11,14,16H2,1-3H3,(H,28,31). The Bertz CT molecular complexity index is 1060. The van der Waals surface area contributed by atoms with Gasteiger partial charge in [0.15, 0.2) is 0 Å². The number of benzene rings is 1. The third-order valence-electron chi connectivity index (χ3n) is 6.12. The Morgan fingerprint density at radius 3 is 2.72 bits per heavy atom. The van der Waals surface area contributed by atoms with Crippen LogP contribution in [0.1, 0.15) is 49.6 Å². The Morgan fingerprint density at radius 2 is 2.03 bits per heavy atom. The number of carbonyl (C=O) groups excluding carboxylic acids is 1. The maximum Gasteiger partial charge on any atom is 0.318 e. The first-order valence-electron chi connectivity index (χ1n) is 11.2. The number of hydrogen-bond donors (Lipinski definition) is 1. The van der Waals surface area contributed by atoms with E-state index in [4.69, 9.17) is 4.42 Å². The number of halogens is 1. The van der Waals surface area contributed by atoms with Crippen molar-refractivity contribution in [3.8, 4) is 0 Å². The van der Waals surface area contributed by atoms with Gasteiger partial charge >= 0.3 is 6.03 Å². The van der Waals surface area contributed by atoms with Crippen LogP contribution in [0.2, 0.25) is 0 Å². The van der Waals surface area contributed by atoms with Gasteiger partial charge < -0.3 is 19.5 Å². The van der Waals surface area contributed by atoms with Gasteiger partial charge in [0.1, 0.15) is 17.2 Å². The van der Waals surface area contributed by atoms with Crippen molar-refractivity contribution in [1.29, 1.82) is 0 Å². The van der Waals surface area contributed by atoms with Crippen LogP contribution in [0.15, 0.2) is 47.0 Å². The monoisotopic (exact) mass is 438 g/mol. The first kappa shape index (κ1) is 22.3. The molecule has 2 amide bonds. The number of nitrogens with zero attached hydrogens (tertiary/aromatic N) is 3. The number of hydrogen-bond acceptors (Lipinski definition) is 4. The fourth-order valence-corrected chi connectivity index (χ4v) is 4.13. The third-order valence-corrected chi connectivity index (χ3v) is 6.12. The van der Waals surface area contributed by atoms with Gasteiger partial charge in [-0.25, -0.2) is 9.18 Å². The summed E-state index contributed by atoms with van der Waals surface area (Å²) in [7, 11) is 2.10. The molecule has 32 heavy (non-hydrogen) atoms. The average Bonchev–Trinajstić information content (AvgIpc) is 3.22. The van der Waals surface area contributed by atoms with Gasteiger partial charge in [-0.3, -0.25) is 4.98 Å². The zero-order chi connectivity index (χ0) is 22.7. The molecule has 0 radical (unpaired) electrons. The minimum atomic E-state index is -0.376. The normalized spacial score (nSPS) is 15.4. The van der Waals surface area contributed by atoms with Crippen molar-refractivity contribution in [2.45, 2.75) is 51.7 Å². The van der Waals surface area contributed by atoms with E-state index in [1.165, 1.54) is 12.3 Å². The van der Waals surface area contributed by atoms with Crippen LogP contribution in [0.25, 0.3) is 11.0 Å². The van der Waals surface area contributed by atoms with E-state index < -0.39 is 0 Å². The van der Waals surface area contributed by atoms with Gasteiger partial charge in [0.25, 0.3) is 0 Å². The second-order valence-corrected chi connectivity index (χ2v) is 8.96. The number of amides is 2. The molecule has 6 nitrogen and oxygen atoms in total. The lowest BCUT2D eigenvalue weighted by atomic mass is 10.0. The van der Waals surface area contributed by atoms with E-state index in [1.54, 1.807) is 6.07 Å². The summed E-state index contributed by atoms with van der Waals surface area (Å²) in [5.74, 6) is 0.912. The molecule has 7 heteroatoms. The van der Waals surface area contributed by atoms with Crippen LogP contribution in [0.5, 0.6) is 0 Å². The van der Waals surface area contributed by atoms with Crippen molar-refractivity contribution in [2.75, 3.05) is 20.1 Å². The Kier molecular flexibility index (Phi) is 6.74. The molecule has 0 bridgehead atoms. The number of carbonyl (C=O) groups is 1. The zero-order valence-electron chi connectivity index (χ0n) is 19.0. The predicted molar refractivity (Wildman–Crippen MR) is 123 cm³/mol. The van der Waals surface area contributed by atoms with Crippen LogP contribution in [0.4, 0.5) is 9.18 Å². The lowest BCUT2D eigenvalue weighted by Crippen LogP contribution is -2.49. The van der Waals surface area contributed by atoms with Gasteiger partial charge in [0.2, 0.25) is 0 Å². The van der Waals surface area contributed by atoms with E-state index >= 15 is 0 Å². The SMILES string of the molecule is CC(C)c1cc2cc(CNC(=O)N(Cc3ccc(F)cn3)C3CCN(C)CC3)ccc2o1. The highest BCUT2D eigenvalue weighted by Gasteiger charge is 2.27.